The Morgan fingerprint density at radius 2 is 1.56 bits per heavy atom. The molecule has 3 heteroatoms. The monoisotopic (exact) mass is 216 g/mol. The number of nitrogens with one attached hydrogen (secondary N) is 1. The summed E-state index contributed by atoms with van der Waals surface area (Å²) in [5, 5.41) is 3.04. The van der Waals surface area contributed by atoms with Crippen molar-refractivity contribution in [3.63, 3.8) is 0 Å². The minimum absolute atomic E-state index is 0.269. The van der Waals surface area contributed by atoms with Gasteiger partial charge in [0.1, 0.15) is 5.82 Å². The Labute approximate surface area is 93.9 Å². The lowest BCUT2D eigenvalue weighted by Crippen LogP contribution is -2.02. The maximum Gasteiger partial charge on any atom is 0.146 e. The maximum absolute atomic E-state index is 13.4. The van der Waals surface area contributed by atoms with Crippen LogP contribution in [0.4, 0.5) is 15.8 Å². The number of anilines is 2. The zero-order valence-electron chi connectivity index (χ0n) is 8.78. The number of para-hydroxylation sites is 2. The van der Waals surface area contributed by atoms with E-state index in [1.54, 1.807) is 18.2 Å². The van der Waals surface area contributed by atoms with E-state index >= 15 is 0 Å². The Balaban J connectivity index is 2.30. The zero-order valence-corrected chi connectivity index (χ0v) is 8.78. The predicted molar refractivity (Wildman–Crippen MR) is 64.0 cm³/mol. The first-order valence-corrected chi connectivity index (χ1v) is 5.11. The van der Waals surface area contributed by atoms with Gasteiger partial charge in [0.25, 0.3) is 0 Å². The maximum atomic E-state index is 13.4. The number of rotatable bonds is 3. The van der Waals surface area contributed by atoms with Crippen LogP contribution in [0.25, 0.3) is 0 Å². The second-order valence-electron chi connectivity index (χ2n) is 3.47. The zero-order chi connectivity index (χ0) is 11.4. The average Bonchev–Trinajstić information content (AvgIpc) is 2.33. The highest BCUT2D eigenvalue weighted by molar-refractivity contribution is 5.63. The summed E-state index contributed by atoms with van der Waals surface area (Å²) in [6.07, 6.45) is 0. The summed E-state index contributed by atoms with van der Waals surface area (Å²) in [4.78, 5) is 0. The highest BCUT2D eigenvalue weighted by Crippen LogP contribution is 2.22. The number of benzene rings is 2. The van der Waals surface area contributed by atoms with Crippen LogP contribution < -0.4 is 11.1 Å². The van der Waals surface area contributed by atoms with Crippen LogP contribution in [0.15, 0.2) is 48.5 Å². The molecule has 0 amide bonds. The van der Waals surface area contributed by atoms with Gasteiger partial charge in [-0.05, 0) is 23.8 Å². The third-order valence-corrected chi connectivity index (χ3v) is 2.38. The normalized spacial score (nSPS) is 10.1. The predicted octanol–water partition coefficient (Wildman–Crippen LogP) is 3.03. The van der Waals surface area contributed by atoms with E-state index in [1.165, 1.54) is 6.07 Å². The third-order valence-electron chi connectivity index (χ3n) is 2.38. The van der Waals surface area contributed by atoms with Crippen molar-refractivity contribution < 1.29 is 4.39 Å². The molecule has 0 spiro atoms. The number of nitrogens with two attached hydrogens (primary N) is 1. The quantitative estimate of drug-likeness (QED) is 0.827. The summed E-state index contributed by atoms with van der Waals surface area (Å²) in [5.41, 5.74) is 7.88. The molecule has 2 rings (SSSR count). The van der Waals surface area contributed by atoms with E-state index < -0.39 is 0 Å². The molecule has 0 aliphatic carbocycles. The van der Waals surface area contributed by atoms with Crippen molar-refractivity contribution in [3.05, 3.63) is 59.9 Å². The van der Waals surface area contributed by atoms with Crippen LogP contribution in [0.2, 0.25) is 0 Å². The fourth-order valence-corrected chi connectivity index (χ4v) is 1.53. The van der Waals surface area contributed by atoms with Gasteiger partial charge in [0.2, 0.25) is 0 Å². The van der Waals surface area contributed by atoms with Gasteiger partial charge in [0, 0.05) is 12.2 Å². The summed E-state index contributed by atoms with van der Waals surface area (Å²) in [6, 6.07) is 14.2. The van der Waals surface area contributed by atoms with Crippen molar-refractivity contribution in [1.82, 2.24) is 0 Å². The lowest BCUT2D eigenvalue weighted by molar-refractivity contribution is 0.632. The summed E-state index contributed by atoms with van der Waals surface area (Å²) >= 11 is 0. The Morgan fingerprint density at radius 1 is 0.938 bits per heavy atom. The molecule has 2 aromatic rings. The SMILES string of the molecule is NCc1ccccc1Nc1ccccc1F. The molecule has 0 saturated carbocycles. The minimum Gasteiger partial charge on any atom is -0.353 e. The van der Waals surface area contributed by atoms with Gasteiger partial charge in [-0.15, -0.1) is 0 Å². The molecule has 0 fully saturated rings. The minimum atomic E-state index is -0.269. The van der Waals surface area contributed by atoms with Gasteiger partial charge >= 0.3 is 0 Å². The van der Waals surface area contributed by atoms with Crippen molar-refractivity contribution >= 4 is 11.4 Å². The molecular weight excluding hydrogens is 203 g/mol. The van der Waals surface area contributed by atoms with E-state index in [9.17, 15) is 4.39 Å². The molecule has 0 bridgehead atoms. The smallest absolute Gasteiger partial charge is 0.146 e. The Morgan fingerprint density at radius 3 is 2.25 bits per heavy atom. The van der Waals surface area contributed by atoms with Gasteiger partial charge < -0.3 is 11.1 Å². The fourth-order valence-electron chi connectivity index (χ4n) is 1.53. The van der Waals surface area contributed by atoms with Crippen molar-refractivity contribution in [1.29, 1.82) is 0 Å². The molecule has 0 aromatic heterocycles. The molecule has 0 saturated heterocycles. The van der Waals surface area contributed by atoms with Gasteiger partial charge in [-0.3, -0.25) is 0 Å². The van der Waals surface area contributed by atoms with Crippen molar-refractivity contribution in [2.24, 2.45) is 5.73 Å². The van der Waals surface area contributed by atoms with Gasteiger partial charge in [0.15, 0.2) is 0 Å². The van der Waals surface area contributed by atoms with Crippen LogP contribution in [0.3, 0.4) is 0 Å². The van der Waals surface area contributed by atoms with Crippen LogP contribution in [0.1, 0.15) is 5.56 Å². The van der Waals surface area contributed by atoms with Crippen molar-refractivity contribution in [2.75, 3.05) is 5.32 Å². The second kappa shape index (κ2) is 4.77. The summed E-state index contributed by atoms with van der Waals surface area (Å²) in [6.45, 7) is 0.428. The molecule has 0 radical (unpaired) electrons. The first kappa shape index (κ1) is 10.6. The van der Waals surface area contributed by atoms with Gasteiger partial charge in [0.05, 0.1) is 5.69 Å². The Kier molecular flexibility index (Phi) is 3.17. The molecule has 3 N–H and O–H groups in total. The number of hydrogen-bond donors (Lipinski definition) is 2. The molecule has 82 valence electrons. The summed E-state index contributed by atoms with van der Waals surface area (Å²) in [7, 11) is 0. The van der Waals surface area contributed by atoms with E-state index in [1.807, 2.05) is 24.3 Å². The van der Waals surface area contributed by atoms with E-state index in [0.29, 0.717) is 12.2 Å². The second-order valence-corrected chi connectivity index (χ2v) is 3.47. The van der Waals surface area contributed by atoms with Crippen LogP contribution in [0, 0.1) is 5.82 Å². The Bertz CT molecular complexity index is 483. The molecule has 0 aliphatic rings. The largest absolute Gasteiger partial charge is 0.353 e. The fraction of sp³-hybridized carbons (Fsp3) is 0.0769. The van der Waals surface area contributed by atoms with Crippen LogP contribution in [-0.2, 0) is 6.54 Å². The molecule has 0 aliphatic heterocycles. The summed E-state index contributed by atoms with van der Waals surface area (Å²) in [5.74, 6) is -0.269. The highest BCUT2D eigenvalue weighted by Gasteiger charge is 2.03. The van der Waals surface area contributed by atoms with Crippen molar-refractivity contribution in [3.8, 4) is 0 Å². The van der Waals surface area contributed by atoms with Gasteiger partial charge in [-0.25, -0.2) is 4.39 Å². The lowest BCUT2D eigenvalue weighted by atomic mass is 10.1. The molecule has 16 heavy (non-hydrogen) atoms. The van der Waals surface area contributed by atoms with Crippen LogP contribution >= 0.6 is 0 Å². The third kappa shape index (κ3) is 2.20. The topological polar surface area (TPSA) is 38.0 Å². The lowest BCUT2D eigenvalue weighted by Gasteiger charge is -2.11. The molecular formula is C13H13FN2. The van der Waals surface area contributed by atoms with E-state index in [2.05, 4.69) is 5.32 Å². The highest BCUT2D eigenvalue weighted by atomic mass is 19.1. The molecule has 0 unspecified atom stereocenters. The van der Waals surface area contributed by atoms with Gasteiger partial charge in [-0.1, -0.05) is 30.3 Å². The number of halogens is 1. The first-order valence-electron chi connectivity index (χ1n) is 5.11. The first-order chi connectivity index (χ1) is 7.81. The average molecular weight is 216 g/mol. The van der Waals surface area contributed by atoms with Gasteiger partial charge in [-0.2, -0.15) is 0 Å². The molecule has 0 heterocycles. The number of hydrogen-bond acceptors (Lipinski definition) is 2. The van der Waals surface area contributed by atoms with E-state index in [-0.39, 0.29) is 5.82 Å². The summed E-state index contributed by atoms with van der Waals surface area (Å²) < 4.78 is 13.4. The molecule has 2 aromatic carbocycles. The Hall–Kier alpha value is -1.87. The van der Waals surface area contributed by atoms with E-state index in [4.69, 9.17) is 5.73 Å². The molecule has 2 nitrogen and oxygen atoms in total. The molecule has 0 atom stereocenters. The van der Waals surface area contributed by atoms with Crippen LogP contribution in [-0.4, -0.2) is 0 Å². The van der Waals surface area contributed by atoms with Crippen LogP contribution in [0.5, 0.6) is 0 Å². The van der Waals surface area contributed by atoms with Crippen molar-refractivity contribution in [2.45, 2.75) is 6.54 Å². The van der Waals surface area contributed by atoms with E-state index in [0.717, 1.165) is 11.3 Å². The standard InChI is InChI=1S/C13H13FN2/c14-11-6-2-4-8-13(11)16-12-7-3-1-5-10(12)9-15/h1-8,16H,9,15H2.